The Morgan fingerprint density at radius 3 is 2.49 bits per heavy atom. The van der Waals surface area contributed by atoms with E-state index in [1.54, 1.807) is 19.1 Å². The number of piperazine rings is 1. The molecule has 1 unspecified atom stereocenters. The van der Waals surface area contributed by atoms with E-state index in [0.717, 1.165) is 17.0 Å². The summed E-state index contributed by atoms with van der Waals surface area (Å²) in [5, 5.41) is 4.98. The van der Waals surface area contributed by atoms with Crippen LogP contribution in [0.15, 0.2) is 36.7 Å². The van der Waals surface area contributed by atoms with Crippen LogP contribution in [0.2, 0.25) is 0 Å². The number of carbonyl (C=O) groups excluding carboxylic acids is 4. The largest absolute Gasteiger partial charge is 0.446 e. The van der Waals surface area contributed by atoms with Crippen LogP contribution in [0.4, 0.5) is 29.7 Å². The van der Waals surface area contributed by atoms with Gasteiger partial charge in [-0.25, -0.2) is 18.4 Å². The molecule has 1 aromatic heterocycles. The molecule has 1 aromatic carbocycles. The van der Waals surface area contributed by atoms with Crippen molar-refractivity contribution in [3.63, 3.8) is 0 Å². The number of aromatic nitrogens is 1. The number of cyclic esters (lactones) is 1. The third-order valence-corrected chi connectivity index (χ3v) is 6.18. The molecule has 0 bridgehead atoms. The average Bonchev–Trinajstić information content (AvgIpc) is 3.31. The molecule has 4 amide bonds. The quantitative estimate of drug-likeness (QED) is 0.509. The van der Waals surface area contributed by atoms with E-state index in [0.29, 0.717) is 12.1 Å². The zero-order valence-electron chi connectivity index (χ0n) is 21.2. The van der Waals surface area contributed by atoms with Gasteiger partial charge >= 0.3 is 12.2 Å². The Balaban J connectivity index is 1.31. The summed E-state index contributed by atoms with van der Waals surface area (Å²) < 4.78 is 40.2. The summed E-state index contributed by atoms with van der Waals surface area (Å²) in [5.41, 5.74) is 0.0341. The Hall–Kier alpha value is -4.49. The number of rotatable bonds is 8. The highest BCUT2D eigenvalue weighted by Gasteiger charge is 2.35. The molecule has 208 valence electrons. The van der Waals surface area contributed by atoms with Crippen LogP contribution in [0.3, 0.4) is 0 Å². The number of anilines is 2. The maximum absolute atomic E-state index is 15.1. The monoisotopic (exact) mass is 546 g/mol. The third-order valence-electron chi connectivity index (χ3n) is 6.18. The Morgan fingerprint density at radius 1 is 1.13 bits per heavy atom. The molecule has 0 spiro atoms. The Kier molecular flexibility index (Phi) is 8.74. The summed E-state index contributed by atoms with van der Waals surface area (Å²) in [5.74, 6) is -2.49. The lowest BCUT2D eigenvalue weighted by molar-refractivity contribution is -0.130. The van der Waals surface area contributed by atoms with E-state index in [1.165, 1.54) is 22.2 Å². The van der Waals surface area contributed by atoms with Gasteiger partial charge in [-0.15, -0.1) is 0 Å². The van der Waals surface area contributed by atoms with E-state index in [-0.39, 0.29) is 63.2 Å². The van der Waals surface area contributed by atoms with Crippen molar-refractivity contribution in [2.75, 3.05) is 62.2 Å². The number of nitrogens with one attached hydrogen (secondary N) is 2. The molecule has 39 heavy (non-hydrogen) atoms. The molecule has 0 radical (unpaired) electrons. The molecule has 4 rings (SSSR count). The molecule has 2 N–H and O–H groups in total. The first-order valence-electron chi connectivity index (χ1n) is 12.4. The first-order valence-corrected chi connectivity index (χ1v) is 12.4. The van der Waals surface area contributed by atoms with Gasteiger partial charge < -0.3 is 29.9 Å². The van der Waals surface area contributed by atoms with Crippen LogP contribution in [0.25, 0.3) is 0 Å². The third kappa shape index (κ3) is 6.69. The molecule has 0 aliphatic carbocycles. The van der Waals surface area contributed by atoms with Crippen molar-refractivity contribution in [2.45, 2.75) is 13.0 Å². The van der Waals surface area contributed by atoms with Gasteiger partial charge in [0.15, 0.2) is 17.7 Å². The molecule has 1 atom stereocenters. The first-order chi connectivity index (χ1) is 18.8. The van der Waals surface area contributed by atoms with Gasteiger partial charge in [-0.05, 0) is 19.1 Å². The number of amides is 4. The van der Waals surface area contributed by atoms with Crippen molar-refractivity contribution < 1.29 is 37.4 Å². The smallest absolute Gasteiger partial charge is 0.414 e. The standard InChI is InChI=1S/C25H28F2N6O6/c1-2-29-24(36)38-15-18-14-33(25(37)39-18)17-10-19(26)22(20(27)11-17)32-8-6-31(7-9-32)21(34)13-30-23(35)16-4-3-5-28-12-16/h3-5,10-12,18H,2,6-9,13-15H2,1H3,(H,29,36)(H,30,35). The van der Waals surface area contributed by atoms with Gasteiger partial charge in [-0.1, -0.05) is 0 Å². The second kappa shape index (κ2) is 12.4. The number of ether oxygens (including phenoxy) is 2. The van der Waals surface area contributed by atoms with E-state index >= 15 is 8.78 Å². The van der Waals surface area contributed by atoms with Crippen LogP contribution in [0, 0.1) is 11.6 Å². The lowest BCUT2D eigenvalue weighted by Crippen LogP contribution is -2.51. The zero-order chi connectivity index (χ0) is 27.9. The molecule has 2 fully saturated rings. The number of halogens is 2. The molecule has 0 saturated carbocycles. The summed E-state index contributed by atoms with van der Waals surface area (Å²) in [6, 6.07) is 5.27. The Morgan fingerprint density at radius 2 is 1.85 bits per heavy atom. The predicted molar refractivity (Wildman–Crippen MR) is 134 cm³/mol. The second-order valence-electron chi connectivity index (χ2n) is 8.80. The Bertz CT molecular complexity index is 1200. The van der Waals surface area contributed by atoms with Crippen LogP contribution >= 0.6 is 0 Å². The summed E-state index contributed by atoms with van der Waals surface area (Å²) >= 11 is 0. The predicted octanol–water partition coefficient (Wildman–Crippen LogP) is 1.51. The summed E-state index contributed by atoms with van der Waals surface area (Å²) in [6.07, 6.45) is 0.662. The fraction of sp³-hybridized carbons (Fsp3) is 0.400. The lowest BCUT2D eigenvalue weighted by atomic mass is 10.2. The number of nitrogens with zero attached hydrogens (tertiary/aromatic N) is 4. The number of alkyl carbamates (subject to hydrolysis) is 1. The SMILES string of the molecule is CCNC(=O)OCC1CN(c2cc(F)c(N3CCN(C(=O)CNC(=O)c4cccnc4)CC3)c(F)c2)C(=O)O1. The highest BCUT2D eigenvalue weighted by molar-refractivity contribution is 5.96. The summed E-state index contributed by atoms with van der Waals surface area (Å²) in [6.45, 7) is 2.37. The minimum absolute atomic E-state index is 0.0302. The summed E-state index contributed by atoms with van der Waals surface area (Å²) in [4.78, 5) is 56.3. The van der Waals surface area contributed by atoms with Crippen molar-refractivity contribution >= 4 is 35.4 Å². The number of pyridine rings is 1. The average molecular weight is 547 g/mol. The van der Waals surface area contributed by atoms with Gasteiger partial charge in [0.1, 0.15) is 12.3 Å². The van der Waals surface area contributed by atoms with E-state index in [2.05, 4.69) is 15.6 Å². The van der Waals surface area contributed by atoms with Gasteiger partial charge in [0.05, 0.1) is 24.3 Å². The van der Waals surface area contributed by atoms with Crippen LogP contribution < -0.4 is 20.4 Å². The van der Waals surface area contributed by atoms with E-state index in [4.69, 9.17) is 9.47 Å². The fourth-order valence-corrected chi connectivity index (χ4v) is 4.24. The maximum Gasteiger partial charge on any atom is 0.414 e. The number of benzene rings is 1. The summed E-state index contributed by atoms with van der Waals surface area (Å²) in [7, 11) is 0. The minimum Gasteiger partial charge on any atom is -0.446 e. The number of hydrogen-bond donors (Lipinski definition) is 2. The van der Waals surface area contributed by atoms with Gasteiger partial charge in [0, 0.05) is 57.3 Å². The molecule has 2 aliphatic rings. The first kappa shape index (κ1) is 27.5. The molecular weight excluding hydrogens is 518 g/mol. The van der Waals surface area contributed by atoms with Crippen molar-refractivity contribution in [1.29, 1.82) is 0 Å². The molecule has 2 saturated heterocycles. The molecule has 2 aromatic rings. The van der Waals surface area contributed by atoms with Crippen LogP contribution in [0.1, 0.15) is 17.3 Å². The lowest BCUT2D eigenvalue weighted by Gasteiger charge is -2.36. The molecule has 2 aliphatic heterocycles. The van der Waals surface area contributed by atoms with E-state index < -0.39 is 35.8 Å². The normalized spacial score (nSPS) is 17.1. The second-order valence-corrected chi connectivity index (χ2v) is 8.80. The van der Waals surface area contributed by atoms with Crippen molar-refractivity contribution in [2.24, 2.45) is 0 Å². The van der Waals surface area contributed by atoms with Gasteiger partial charge in [0.2, 0.25) is 5.91 Å². The fourth-order valence-electron chi connectivity index (χ4n) is 4.24. The van der Waals surface area contributed by atoms with Crippen LogP contribution in [0.5, 0.6) is 0 Å². The minimum atomic E-state index is -0.872. The van der Waals surface area contributed by atoms with E-state index in [9.17, 15) is 19.2 Å². The topological polar surface area (TPSA) is 133 Å². The van der Waals surface area contributed by atoms with Crippen molar-refractivity contribution in [3.8, 4) is 0 Å². The van der Waals surface area contributed by atoms with Gasteiger partial charge in [-0.3, -0.25) is 19.5 Å². The maximum atomic E-state index is 15.1. The highest BCUT2D eigenvalue weighted by Crippen LogP contribution is 2.31. The zero-order valence-corrected chi connectivity index (χ0v) is 21.2. The van der Waals surface area contributed by atoms with Gasteiger partial charge in [0.25, 0.3) is 5.91 Å². The van der Waals surface area contributed by atoms with Crippen molar-refractivity contribution in [3.05, 3.63) is 53.9 Å². The van der Waals surface area contributed by atoms with Crippen molar-refractivity contribution in [1.82, 2.24) is 20.5 Å². The molecule has 12 nitrogen and oxygen atoms in total. The van der Waals surface area contributed by atoms with Crippen LogP contribution in [-0.4, -0.2) is 92.4 Å². The Labute approximate surface area is 222 Å². The van der Waals surface area contributed by atoms with E-state index in [1.807, 2.05) is 0 Å². The van der Waals surface area contributed by atoms with Crippen LogP contribution in [-0.2, 0) is 14.3 Å². The highest BCUT2D eigenvalue weighted by atomic mass is 19.1. The molecule has 14 heteroatoms. The van der Waals surface area contributed by atoms with Gasteiger partial charge in [-0.2, -0.15) is 0 Å². The molecule has 3 heterocycles. The number of hydrogen-bond acceptors (Lipinski definition) is 8. The molecular formula is C25H28F2N6O6. The number of carbonyl (C=O) groups is 4.